The normalized spacial score (nSPS) is 11.1. The molecule has 0 aromatic heterocycles. The Labute approximate surface area is 140 Å². The van der Waals surface area contributed by atoms with E-state index in [2.05, 4.69) is 36.3 Å². The maximum atomic E-state index is 8.96. The summed E-state index contributed by atoms with van der Waals surface area (Å²) >= 11 is 3.20. The zero-order valence-electron chi connectivity index (χ0n) is 12.8. The van der Waals surface area contributed by atoms with Crippen LogP contribution in [-0.4, -0.2) is 23.4 Å². The largest absolute Gasteiger partial charge is 0.261 e. The van der Waals surface area contributed by atoms with Gasteiger partial charge in [-0.05, 0) is 49.1 Å². The Bertz CT molecular complexity index is 706. The Balaban J connectivity index is 2.23. The summed E-state index contributed by atoms with van der Waals surface area (Å²) in [6, 6.07) is 16.4. The fourth-order valence-corrected chi connectivity index (χ4v) is 3.26. The van der Waals surface area contributed by atoms with Crippen molar-refractivity contribution in [1.29, 1.82) is 5.26 Å². The minimum absolute atomic E-state index is 0.686. The van der Waals surface area contributed by atoms with Crippen molar-refractivity contribution in [1.82, 2.24) is 4.90 Å². The molecule has 0 fully saturated rings. The van der Waals surface area contributed by atoms with Gasteiger partial charge in [0.25, 0.3) is 0 Å². The van der Waals surface area contributed by atoms with Crippen molar-refractivity contribution in [2.75, 3.05) is 13.3 Å². The van der Waals surface area contributed by atoms with Crippen LogP contribution in [0.25, 0.3) is 0 Å². The summed E-state index contributed by atoms with van der Waals surface area (Å²) in [4.78, 5) is 8.43. The number of amidine groups is 1. The first-order chi connectivity index (χ1) is 10.6. The molecule has 0 atom stereocenters. The van der Waals surface area contributed by atoms with Gasteiger partial charge in [-0.1, -0.05) is 41.7 Å². The Morgan fingerprint density at radius 1 is 1.18 bits per heavy atom. The van der Waals surface area contributed by atoms with Crippen LogP contribution in [0.5, 0.6) is 0 Å². The Hall–Kier alpha value is -1.90. The molecular weight excluding hydrogens is 310 g/mol. The summed E-state index contributed by atoms with van der Waals surface area (Å²) in [7, 11) is 1.71. The fraction of sp³-hybridized carbons (Fsp3) is 0.176. The molecule has 3 nitrogen and oxygen atoms in total. The second-order valence-corrected chi connectivity index (χ2v) is 6.51. The van der Waals surface area contributed by atoms with Crippen LogP contribution in [0.2, 0.25) is 0 Å². The molecular formula is C17H17N3S2. The van der Waals surface area contributed by atoms with Gasteiger partial charge >= 0.3 is 0 Å². The molecule has 22 heavy (non-hydrogen) atoms. The molecule has 0 aliphatic carbocycles. The first-order valence-corrected chi connectivity index (χ1v) is 8.78. The molecule has 0 N–H and O–H groups in total. The quantitative estimate of drug-likeness (QED) is 0.347. The zero-order chi connectivity index (χ0) is 15.9. The number of aryl methyl sites for hydroxylation is 1. The fourth-order valence-electron chi connectivity index (χ4n) is 1.84. The monoisotopic (exact) mass is 327 g/mol. The number of benzene rings is 2. The summed E-state index contributed by atoms with van der Waals surface area (Å²) < 4.78 is 0. The van der Waals surface area contributed by atoms with E-state index in [0.29, 0.717) is 5.17 Å². The molecule has 112 valence electrons. The van der Waals surface area contributed by atoms with E-state index in [-0.39, 0.29) is 0 Å². The van der Waals surface area contributed by atoms with E-state index in [1.54, 1.807) is 18.8 Å². The first-order valence-electron chi connectivity index (χ1n) is 6.73. The molecule has 2 rings (SSSR count). The lowest BCUT2D eigenvalue weighted by atomic mass is 10.2. The highest BCUT2D eigenvalue weighted by Gasteiger charge is 2.06. The van der Waals surface area contributed by atoms with Crippen molar-refractivity contribution in [2.45, 2.75) is 16.7 Å². The van der Waals surface area contributed by atoms with E-state index >= 15 is 0 Å². The van der Waals surface area contributed by atoms with Crippen LogP contribution >= 0.6 is 23.5 Å². The average Bonchev–Trinajstić information content (AvgIpc) is 2.55. The average molecular weight is 327 g/mol. The standard InChI is InChI=1S/C17H17N3S2/c1-13-11-14(19-17(21-3)20(2)12-18)9-10-16(13)22-15-7-5-4-6-8-15/h4-11H,1-3H3. The minimum atomic E-state index is 0.686. The number of rotatable bonds is 3. The number of aliphatic imine (C=N–C) groups is 1. The van der Waals surface area contributed by atoms with E-state index in [1.807, 2.05) is 36.6 Å². The van der Waals surface area contributed by atoms with Gasteiger partial charge in [0.05, 0.1) is 5.69 Å². The van der Waals surface area contributed by atoms with Crippen LogP contribution in [0.1, 0.15) is 5.56 Å². The summed E-state index contributed by atoms with van der Waals surface area (Å²) in [5.41, 5.74) is 2.04. The smallest absolute Gasteiger partial charge is 0.185 e. The van der Waals surface area contributed by atoms with Crippen molar-refractivity contribution < 1.29 is 0 Å². The van der Waals surface area contributed by atoms with E-state index in [9.17, 15) is 0 Å². The van der Waals surface area contributed by atoms with Gasteiger partial charge in [-0.15, -0.1) is 0 Å². The van der Waals surface area contributed by atoms with Gasteiger partial charge in [-0.2, -0.15) is 5.26 Å². The molecule has 5 heteroatoms. The second kappa shape index (κ2) is 7.92. The summed E-state index contributed by atoms with van der Waals surface area (Å²) in [6.07, 6.45) is 3.99. The lowest BCUT2D eigenvalue weighted by Crippen LogP contribution is -2.17. The van der Waals surface area contributed by atoms with E-state index in [1.165, 1.54) is 32.0 Å². The highest BCUT2D eigenvalue weighted by molar-refractivity contribution is 8.13. The van der Waals surface area contributed by atoms with Gasteiger partial charge in [0.15, 0.2) is 11.4 Å². The molecule has 0 aliphatic heterocycles. The van der Waals surface area contributed by atoms with E-state index in [0.717, 1.165) is 5.69 Å². The van der Waals surface area contributed by atoms with Gasteiger partial charge in [0, 0.05) is 16.8 Å². The summed E-state index contributed by atoms with van der Waals surface area (Å²) in [5, 5.41) is 9.64. The second-order valence-electron chi connectivity index (χ2n) is 4.62. The van der Waals surface area contributed by atoms with Gasteiger partial charge < -0.3 is 0 Å². The minimum Gasteiger partial charge on any atom is -0.261 e. The van der Waals surface area contributed by atoms with Gasteiger partial charge in [-0.25, -0.2) is 4.99 Å². The van der Waals surface area contributed by atoms with Crippen LogP contribution in [0.4, 0.5) is 5.69 Å². The maximum Gasteiger partial charge on any atom is 0.185 e. The Kier molecular flexibility index (Phi) is 5.93. The van der Waals surface area contributed by atoms with E-state index < -0.39 is 0 Å². The molecule has 0 aliphatic rings. The number of hydrogen-bond acceptors (Lipinski definition) is 4. The highest BCUT2D eigenvalue weighted by atomic mass is 32.2. The molecule has 0 unspecified atom stereocenters. The molecule has 0 amide bonds. The van der Waals surface area contributed by atoms with Crippen LogP contribution in [0.15, 0.2) is 63.3 Å². The predicted molar refractivity (Wildman–Crippen MR) is 95.7 cm³/mol. The van der Waals surface area contributed by atoms with Crippen molar-refractivity contribution in [3.8, 4) is 6.19 Å². The third-order valence-corrected chi connectivity index (χ3v) is 4.89. The molecule has 2 aromatic rings. The number of nitrogens with zero attached hydrogens (tertiary/aromatic N) is 3. The van der Waals surface area contributed by atoms with Crippen LogP contribution in [0, 0.1) is 18.4 Å². The number of hydrogen-bond donors (Lipinski definition) is 0. The number of nitriles is 1. The third kappa shape index (κ3) is 4.30. The van der Waals surface area contributed by atoms with Crippen molar-refractivity contribution in [3.63, 3.8) is 0 Å². The molecule has 0 saturated heterocycles. The van der Waals surface area contributed by atoms with Crippen LogP contribution < -0.4 is 0 Å². The third-order valence-electron chi connectivity index (χ3n) is 2.97. The SMILES string of the molecule is CSC(=Nc1ccc(Sc2ccccc2)c(C)c1)N(C)C#N. The Morgan fingerprint density at radius 2 is 1.91 bits per heavy atom. The Morgan fingerprint density at radius 3 is 2.50 bits per heavy atom. The first kappa shape index (κ1) is 16.5. The van der Waals surface area contributed by atoms with Crippen LogP contribution in [0.3, 0.4) is 0 Å². The topological polar surface area (TPSA) is 39.4 Å². The maximum absolute atomic E-state index is 8.96. The predicted octanol–water partition coefficient (Wildman–Crippen LogP) is 4.91. The van der Waals surface area contributed by atoms with E-state index in [4.69, 9.17) is 5.26 Å². The number of thioether (sulfide) groups is 1. The molecule has 0 bridgehead atoms. The van der Waals surface area contributed by atoms with Gasteiger partial charge in [0.1, 0.15) is 0 Å². The van der Waals surface area contributed by atoms with Crippen molar-refractivity contribution in [2.24, 2.45) is 4.99 Å². The highest BCUT2D eigenvalue weighted by Crippen LogP contribution is 2.32. The van der Waals surface area contributed by atoms with Gasteiger partial charge in [0.2, 0.25) is 0 Å². The van der Waals surface area contributed by atoms with Crippen LogP contribution in [-0.2, 0) is 0 Å². The lowest BCUT2D eigenvalue weighted by molar-refractivity contribution is 0.726. The summed E-state index contributed by atoms with van der Waals surface area (Å²) in [6.45, 7) is 2.08. The molecule has 0 spiro atoms. The van der Waals surface area contributed by atoms with Crippen molar-refractivity contribution in [3.05, 3.63) is 54.1 Å². The molecule has 2 aromatic carbocycles. The lowest BCUT2D eigenvalue weighted by Gasteiger charge is -2.11. The molecule has 0 heterocycles. The summed E-state index contributed by atoms with van der Waals surface area (Å²) in [5.74, 6) is 0. The van der Waals surface area contributed by atoms with Crippen molar-refractivity contribution >= 4 is 34.4 Å². The molecule has 0 radical (unpaired) electrons. The molecule has 0 saturated carbocycles. The van der Waals surface area contributed by atoms with Gasteiger partial charge in [-0.3, -0.25) is 4.90 Å². The zero-order valence-corrected chi connectivity index (χ0v) is 14.4.